The van der Waals surface area contributed by atoms with Gasteiger partial charge in [-0.2, -0.15) is 0 Å². The second-order valence-corrected chi connectivity index (χ2v) is 5.50. The maximum Gasteiger partial charge on any atom is 0.334 e. The van der Waals surface area contributed by atoms with E-state index in [-0.39, 0.29) is 17.3 Å². The fourth-order valence-corrected chi connectivity index (χ4v) is 3.03. The number of nitrogens with zero attached hydrogens (tertiary/aromatic N) is 1. The van der Waals surface area contributed by atoms with Crippen molar-refractivity contribution in [2.24, 2.45) is 0 Å². The molecule has 1 aromatic carbocycles. The summed E-state index contributed by atoms with van der Waals surface area (Å²) in [6.45, 7) is 3.72. The summed E-state index contributed by atoms with van der Waals surface area (Å²) in [4.78, 5) is 33.6. The number of carboxylic acid groups (broad SMARTS) is 1. The summed E-state index contributed by atoms with van der Waals surface area (Å²) >= 11 is 0. The van der Waals surface area contributed by atoms with Crippen LogP contribution >= 0.6 is 0 Å². The number of benzene rings is 1. The molecule has 0 aromatic heterocycles. The van der Waals surface area contributed by atoms with E-state index in [1.165, 1.54) is 24.3 Å². The van der Waals surface area contributed by atoms with Crippen LogP contribution in [0.4, 0.5) is 5.69 Å². The fraction of sp³-hybridized carbons (Fsp3) is 0.353. The monoisotopic (exact) mass is 330 g/mol. The van der Waals surface area contributed by atoms with Crippen LogP contribution in [0, 0.1) is 10.1 Å². The van der Waals surface area contributed by atoms with Gasteiger partial charge in [-0.25, -0.2) is 9.59 Å². The summed E-state index contributed by atoms with van der Waals surface area (Å²) < 4.78 is 0. The zero-order valence-electron chi connectivity index (χ0n) is 13.4. The van der Waals surface area contributed by atoms with E-state index in [4.69, 9.17) is 0 Å². The van der Waals surface area contributed by atoms with Crippen LogP contribution in [-0.4, -0.2) is 28.0 Å². The Bertz CT molecular complexity index is 745. The number of nitrogens with one attached hydrogen (secondary N) is 1. The minimum Gasteiger partial charge on any atom is -0.478 e. The molecule has 0 saturated heterocycles. The normalized spacial score (nSPS) is 20.3. The Morgan fingerprint density at radius 2 is 1.96 bits per heavy atom. The molecule has 0 saturated carbocycles. The first-order valence-corrected chi connectivity index (χ1v) is 7.66. The van der Waals surface area contributed by atoms with Crippen molar-refractivity contribution in [3.63, 3.8) is 0 Å². The summed E-state index contributed by atoms with van der Waals surface area (Å²) in [5.41, 5.74) is 1.40. The molecule has 1 aromatic rings. The summed E-state index contributed by atoms with van der Waals surface area (Å²) in [6.07, 6.45) is 1.08. The predicted octanol–water partition coefficient (Wildman–Crippen LogP) is 2.57. The molecule has 2 atom stereocenters. The number of non-ortho nitro benzene ring substituents is 1. The quantitative estimate of drug-likeness (QED) is 0.488. The lowest BCUT2D eigenvalue weighted by molar-refractivity contribution is -0.384. The molecule has 1 aliphatic rings. The van der Waals surface area contributed by atoms with Crippen LogP contribution in [0.5, 0.6) is 0 Å². The Morgan fingerprint density at radius 1 is 1.33 bits per heavy atom. The Labute approximate surface area is 138 Å². The van der Waals surface area contributed by atoms with Crippen molar-refractivity contribution in [3.8, 4) is 0 Å². The van der Waals surface area contributed by atoms with E-state index in [1.807, 2.05) is 19.8 Å². The lowest BCUT2D eigenvalue weighted by Gasteiger charge is -2.34. The summed E-state index contributed by atoms with van der Waals surface area (Å²) in [6, 6.07) is 5.31. The minimum atomic E-state index is -1.12. The van der Waals surface area contributed by atoms with Crippen LogP contribution in [0.2, 0.25) is 0 Å². The third kappa shape index (κ3) is 3.07. The zero-order valence-corrected chi connectivity index (χ0v) is 13.4. The SMILES string of the molecule is CCC1=C(C(=O)O)C(c2ccc([N+](=O)[O-])cc2)C(=C=O)C(CC)N1. The van der Waals surface area contributed by atoms with Gasteiger partial charge in [-0.1, -0.05) is 26.0 Å². The molecule has 0 amide bonds. The molecule has 1 aliphatic heterocycles. The Balaban J connectivity index is 2.65. The highest BCUT2D eigenvalue weighted by atomic mass is 16.6. The van der Waals surface area contributed by atoms with E-state index < -0.39 is 16.8 Å². The number of carbonyl (C=O) groups excluding carboxylic acids is 1. The first-order valence-electron chi connectivity index (χ1n) is 7.66. The average molecular weight is 330 g/mol. The zero-order chi connectivity index (χ0) is 17.9. The molecule has 0 bridgehead atoms. The van der Waals surface area contributed by atoms with E-state index in [2.05, 4.69) is 5.32 Å². The summed E-state index contributed by atoms with van der Waals surface area (Å²) in [5.74, 6) is 0.0107. The molecule has 0 radical (unpaired) electrons. The Hall–Kier alpha value is -2.92. The van der Waals surface area contributed by atoms with Crippen molar-refractivity contribution >= 4 is 17.6 Å². The second kappa shape index (κ2) is 7.10. The molecule has 2 rings (SSSR count). The van der Waals surface area contributed by atoms with Crippen LogP contribution in [0.1, 0.15) is 38.2 Å². The van der Waals surface area contributed by atoms with Crippen molar-refractivity contribution in [2.45, 2.75) is 38.6 Å². The highest BCUT2D eigenvalue weighted by molar-refractivity contribution is 5.92. The van der Waals surface area contributed by atoms with E-state index in [1.54, 1.807) is 0 Å². The standard InChI is InChI=1S/C17H18N2O5/c1-3-13-12(9-20)15(16(17(21)22)14(4-2)18-13)10-5-7-11(8-6-10)19(23)24/h5-8,13,15,18H,3-4H2,1-2H3,(H,21,22). The largest absolute Gasteiger partial charge is 0.478 e. The van der Waals surface area contributed by atoms with Crippen molar-refractivity contribution in [1.29, 1.82) is 0 Å². The number of rotatable bonds is 5. The summed E-state index contributed by atoms with van der Waals surface area (Å²) in [7, 11) is 0. The first kappa shape index (κ1) is 17.4. The first-order chi connectivity index (χ1) is 11.4. The van der Waals surface area contributed by atoms with Gasteiger partial charge in [-0.05, 0) is 18.4 Å². The van der Waals surface area contributed by atoms with Crippen LogP contribution < -0.4 is 5.32 Å². The number of carbonyl (C=O) groups is 1. The number of nitro groups is 1. The van der Waals surface area contributed by atoms with Gasteiger partial charge in [0.05, 0.1) is 22.5 Å². The number of aliphatic carboxylic acids is 1. The van der Waals surface area contributed by atoms with Crippen molar-refractivity contribution in [1.82, 2.24) is 5.32 Å². The van der Waals surface area contributed by atoms with Gasteiger partial charge in [0.2, 0.25) is 0 Å². The fourth-order valence-electron chi connectivity index (χ4n) is 3.03. The number of nitro benzene ring substituents is 1. The number of allylic oxidation sites excluding steroid dienone is 1. The lowest BCUT2D eigenvalue weighted by Crippen LogP contribution is -2.40. The minimum absolute atomic E-state index is 0.0899. The molecule has 0 fully saturated rings. The molecular weight excluding hydrogens is 312 g/mol. The van der Waals surface area contributed by atoms with Crippen molar-refractivity contribution < 1.29 is 19.6 Å². The van der Waals surface area contributed by atoms with Crippen LogP contribution in [-0.2, 0) is 9.59 Å². The van der Waals surface area contributed by atoms with E-state index in [9.17, 15) is 24.8 Å². The van der Waals surface area contributed by atoms with E-state index in [0.717, 1.165) is 0 Å². The maximum atomic E-state index is 11.8. The van der Waals surface area contributed by atoms with Gasteiger partial charge < -0.3 is 10.4 Å². The molecule has 0 spiro atoms. The predicted molar refractivity (Wildman–Crippen MR) is 87.2 cm³/mol. The highest BCUT2D eigenvalue weighted by Gasteiger charge is 2.37. The van der Waals surface area contributed by atoms with Gasteiger partial charge in [0, 0.05) is 23.4 Å². The Morgan fingerprint density at radius 3 is 2.38 bits per heavy atom. The molecule has 24 heavy (non-hydrogen) atoms. The smallest absolute Gasteiger partial charge is 0.334 e. The third-order valence-corrected chi connectivity index (χ3v) is 4.20. The van der Waals surface area contributed by atoms with Crippen LogP contribution in [0.3, 0.4) is 0 Å². The van der Waals surface area contributed by atoms with Gasteiger partial charge in [-0.3, -0.25) is 10.1 Å². The molecule has 2 N–H and O–H groups in total. The molecule has 126 valence electrons. The van der Waals surface area contributed by atoms with Crippen LogP contribution in [0.25, 0.3) is 0 Å². The number of carboxylic acids is 1. The molecule has 0 aliphatic carbocycles. The molecule has 7 nitrogen and oxygen atoms in total. The van der Waals surface area contributed by atoms with Crippen LogP contribution in [0.15, 0.2) is 41.1 Å². The lowest BCUT2D eigenvalue weighted by atomic mass is 9.77. The van der Waals surface area contributed by atoms with Crippen molar-refractivity contribution in [2.75, 3.05) is 0 Å². The molecule has 1 heterocycles. The van der Waals surface area contributed by atoms with Gasteiger partial charge in [0.1, 0.15) is 5.94 Å². The van der Waals surface area contributed by atoms with Gasteiger partial charge >= 0.3 is 5.97 Å². The van der Waals surface area contributed by atoms with E-state index >= 15 is 0 Å². The van der Waals surface area contributed by atoms with Gasteiger partial charge in [-0.15, -0.1) is 0 Å². The number of hydrogen-bond donors (Lipinski definition) is 2. The molecular formula is C17H18N2O5. The van der Waals surface area contributed by atoms with E-state index in [0.29, 0.717) is 29.7 Å². The maximum absolute atomic E-state index is 11.8. The second-order valence-electron chi connectivity index (χ2n) is 5.50. The average Bonchev–Trinajstić information content (AvgIpc) is 2.59. The van der Waals surface area contributed by atoms with Gasteiger partial charge in [0.25, 0.3) is 5.69 Å². The van der Waals surface area contributed by atoms with Crippen molar-refractivity contribution in [3.05, 3.63) is 56.8 Å². The summed E-state index contributed by atoms with van der Waals surface area (Å²) in [5, 5.41) is 23.5. The highest BCUT2D eigenvalue weighted by Crippen LogP contribution is 2.39. The van der Waals surface area contributed by atoms with Gasteiger partial charge in [0.15, 0.2) is 0 Å². The Kier molecular flexibility index (Phi) is 5.16. The third-order valence-electron chi connectivity index (χ3n) is 4.20. The molecule has 7 heteroatoms. The molecule has 2 unspecified atom stereocenters. The topological polar surface area (TPSA) is 110 Å². The number of hydrogen-bond acceptors (Lipinski definition) is 5.